The smallest absolute Gasteiger partial charge is 0.305 e. The molecule has 0 radical (unpaired) electrons. The Balaban J connectivity index is 1.82. The van der Waals surface area contributed by atoms with Gasteiger partial charge < -0.3 is 15.3 Å². The fraction of sp³-hybridized carbons (Fsp3) is 0.520. The zero-order valence-corrected chi connectivity index (χ0v) is 19.7. The molecule has 8 heteroatoms. The summed E-state index contributed by atoms with van der Waals surface area (Å²) < 4.78 is 1.56. The van der Waals surface area contributed by atoms with E-state index >= 15 is 0 Å². The zero-order chi connectivity index (χ0) is 24.0. The van der Waals surface area contributed by atoms with Gasteiger partial charge in [0.25, 0.3) is 11.8 Å². The second kappa shape index (κ2) is 11.1. The first-order valence-corrected chi connectivity index (χ1v) is 11.8. The second-order valence-corrected chi connectivity index (χ2v) is 8.70. The fourth-order valence-electron chi connectivity index (χ4n) is 4.45. The van der Waals surface area contributed by atoms with E-state index in [-0.39, 0.29) is 24.1 Å². The molecule has 0 aliphatic carbocycles. The largest absolute Gasteiger partial charge is 0.481 e. The Morgan fingerprint density at radius 1 is 1.18 bits per heavy atom. The topological polar surface area (TPSA) is 105 Å². The lowest BCUT2D eigenvalue weighted by atomic mass is 9.98. The number of aryl methyl sites for hydroxylation is 2. The van der Waals surface area contributed by atoms with Crippen molar-refractivity contribution in [3.8, 4) is 0 Å². The van der Waals surface area contributed by atoms with Gasteiger partial charge in [0.05, 0.1) is 12.5 Å². The van der Waals surface area contributed by atoms with E-state index in [1.807, 2.05) is 43.0 Å². The standard InChI is InChI=1S/C25H34N4O4/c1-4-8-19-9-6-7-14-28(19)25(33)22-15-21(27-29(22)5-2)24(32)26-20(16-23(30)31)18-12-10-17(3)11-13-18/h10-13,15,19-20H,4-9,14,16H2,1-3H3,(H,26,32)(H,30,31)/t19-,20-/m0/s1. The van der Waals surface area contributed by atoms with Gasteiger partial charge in [-0.15, -0.1) is 0 Å². The Kier molecular flexibility index (Phi) is 8.25. The van der Waals surface area contributed by atoms with E-state index < -0.39 is 17.9 Å². The van der Waals surface area contributed by atoms with Crippen LogP contribution in [-0.4, -0.2) is 50.2 Å². The molecule has 0 spiro atoms. The Hall–Kier alpha value is -3.16. The zero-order valence-electron chi connectivity index (χ0n) is 19.7. The van der Waals surface area contributed by atoms with Crippen molar-refractivity contribution in [2.75, 3.05) is 6.54 Å². The van der Waals surface area contributed by atoms with Crippen LogP contribution in [0.3, 0.4) is 0 Å². The number of aromatic nitrogens is 2. The van der Waals surface area contributed by atoms with Crippen LogP contribution in [0.2, 0.25) is 0 Å². The number of rotatable bonds is 9. The Labute approximate surface area is 195 Å². The highest BCUT2D eigenvalue weighted by atomic mass is 16.4. The number of carbonyl (C=O) groups excluding carboxylic acids is 2. The number of benzene rings is 1. The number of hydrogen-bond donors (Lipinski definition) is 2. The number of nitrogens with zero attached hydrogens (tertiary/aromatic N) is 3. The molecule has 1 aromatic heterocycles. The summed E-state index contributed by atoms with van der Waals surface area (Å²) in [7, 11) is 0. The van der Waals surface area contributed by atoms with Crippen molar-refractivity contribution in [3.63, 3.8) is 0 Å². The van der Waals surface area contributed by atoms with Crippen molar-refractivity contribution >= 4 is 17.8 Å². The average molecular weight is 455 g/mol. The van der Waals surface area contributed by atoms with Crippen LogP contribution in [0.4, 0.5) is 0 Å². The van der Waals surface area contributed by atoms with Crippen molar-refractivity contribution in [1.82, 2.24) is 20.0 Å². The third kappa shape index (κ3) is 6.00. The molecule has 178 valence electrons. The lowest BCUT2D eigenvalue weighted by Gasteiger charge is -2.35. The Morgan fingerprint density at radius 2 is 1.91 bits per heavy atom. The molecule has 0 bridgehead atoms. The van der Waals surface area contributed by atoms with E-state index in [1.54, 1.807) is 4.68 Å². The molecular weight excluding hydrogens is 420 g/mol. The monoisotopic (exact) mass is 454 g/mol. The fourth-order valence-corrected chi connectivity index (χ4v) is 4.45. The predicted molar refractivity (Wildman–Crippen MR) is 125 cm³/mol. The van der Waals surface area contributed by atoms with Crippen molar-refractivity contribution in [2.45, 2.75) is 77.9 Å². The summed E-state index contributed by atoms with van der Waals surface area (Å²) in [5, 5.41) is 16.5. The summed E-state index contributed by atoms with van der Waals surface area (Å²) in [6.45, 7) is 7.12. The quantitative estimate of drug-likeness (QED) is 0.597. The van der Waals surface area contributed by atoms with Crippen LogP contribution >= 0.6 is 0 Å². The molecule has 2 N–H and O–H groups in total. The normalized spacial score (nSPS) is 16.9. The van der Waals surface area contributed by atoms with Crippen LogP contribution in [0, 0.1) is 6.92 Å². The van der Waals surface area contributed by atoms with Crippen LogP contribution < -0.4 is 5.32 Å². The molecule has 2 aromatic rings. The van der Waals surface area contributed by atoms with Gasteiger partial charge >= 0.3 is 5.97 Å². The molecule has 1 aliphatic heterocycles. The van der Waals surface area contributed by atoms with Gasteiger partial charge in [0.15, 0.2) is 5.69 Å². The summed E-state index contributed by atoms with van der Waals surface area (Å²) >= 11 is 0. The van der Waals surface area contributed by atoms with Gasteiger partial charge in [0.2, 0.25) is 0 Å². The number of carboxylic acids is 1. The van der Waals surface area contributed by atoms with Crippen LogP contribution in [0.1, 0.15) is 90.5 Å². The lowest BCUT2D eigenvalue weighted by molar-refractivity contribution is -0.137. The summed E-state index contributed by atoms with van der Waals surface area (Å²) in [4.78, 5) is 39.7. The number of carbonyl (C=O) groups is 3. The molecule has 2 atom stereocenters. The maximum atomic E-state index is 13.4. The van der Waals surface area contributed by atoms with E-state index in [9.17, 15) is 19.5 Å². The van der Waals surface area contributed by atoms with Crippen LogP contribution in [-0.2, 0) is 11.3 Å². The molecule has 33 heavy (non-hydrogen) atoms. The van der Waals surface area contributed by atoms with Gasteiger partial charge in [-0.1, -0.05) is 43.2 Å². The number of aliphatic carboxylic acids is 1. The first-order valence-electron chi connectivity index (χ1n) is 11.8. The molecule has 1 aliphatic rings. The highest BCUT2D eigenvalue weighted by molar-refractivity contribution is 5.98. The molecular formula is C25H34N4O4. The Morgan fingerprint density at radius 3 is 2.55 bits per heavy atom. The van der Waals surface area contributed by atoms with Crippen LogP contribution in [0.25, 0.3) is 0 Å². The maximum absolute atomic E-state index is 13.4. The van der Waals surface area contributed by atoms with E-state index in [1.165, 1.54) is 6.07 Å². The molecule has 3 rings (SSSR count). The number of likely N-dealkylation sites (tertiary alicyclic amines) is 1. The predicted octanol–water partition coefficient (Wildman–Crippen LogP) is 3.95. The van der Waals surface area contributed by atoms with E-state index in [4.69, 9.17) is 0 Å². The minimum absolute atomic E-state index is 0.0952. The Bertz CT molecular complexity index is 981. The molecule has 1 fully saturated rings. The summed E-state index contributed by atoms with van der Waals surface area (Å²) in [5.41, 5.74) is 2.27. The number of nitrogens with one attached hydrogen (secondary N) is 1. The summed E-state index contributed by atoms with van der Waals surface area (Å²) in [6.07, 6.45) is 4.83. The highest BCUT2D eigenvalue weighted by Crippen LogP contribution is 2.24. The number of hydrogen-bond acceptors (Lipinski definition) is 4. The first-order chi connectivity index (χ1) is 15.8. The molecule has 1 saturated heterocycles. The molecule has 2 heterocycles. The highest BCUT2D eigenvalue weighted by Gasteiger charge is 2.30. The van der Waals surface area contributed by atoms with Gasteiger partial charge in [-0.2, -0.15) is 5.10 Å². The van der Waals surface area contributed by atoms with E-state index in [0.717, 1.165) is 37.7 Å². The average Bonchev–Trinajstić information content (AvgIpc) is 3.24. The third-order valence-corrected chi connectivity index (χ3v) is 6.20. The van der Waals surface area contributed by atoms with Crippen LogP contribution in [0.5, 0.6) is 0 Å². The first kappa shape index (κ1) is 24.5. The van der Waals surface area contributed by atoms with Crippen molar-refractivity contribution in [1.29, 1.82) is 0 Å². The lowest BCUT2D eigenvalue weighted by Crippen LogP contribution is -2.44. The minimum atomic E-state index is -1.01. The number of amides is 2. The SMILES string of the molecule is CCC[C@H]1CCCCN1C(=O)c1cc(C(=O)N[C@@H](CC(=O)O)c2ccc(C)cc2)nn1CC. The molecule has 1 aromatic carbocycles. The number of piperidine rings is 1. The second-order valence-electron chi connectivity index (χ2n) is 8.70. The molecule has 2 amide bonds. The number of carboxylic acid groups (broad SMARTS) is 1. The molecule has 0 unspecified atom stereocenters. The van der Waals surface area contributed by atoms with Gasteiger partial charge in [0.1, 0.15) is 5.69 Å². The van der Waals surface area contributed by atoms with Gasteiger partial charge in [0, 0.05) is 25.2 Å². The van der Waals surface area contributed by atoms with Gasteiger partial charge in [-0.25, -0.2) is 0 Å². The van der Waals surface area contributed by atoms with E-state index in [2.05, 4.69) is 17.3 Å². The van der Waals surface area contributed by atoms with Crippen molar-refractivity contribution in [2.24, 2.45) is 0 Å². The third-order valence-electron chi connectivity index (χ3n) is 6.20. The molecule has 0 saturated carbocycles. The van der Waals surface area contributed by atoms with Gasteiger partial charge in [-0.3, -0.25) is 19.1 Å². The summed E-state index contributed by atoms with van der Waals surface area (Å²) in [6, 6.07) is 8.44. The minimum Gasteiger partial charge on any atom is -0.481 e. The maximum Gasteiger partial charge on any atom is 0.305 e. The molecule has 8 nitrogen and oxygen atoms in total. The van der Waals surface area contributed by atoms with Gasteiger partial charge in [-0.05, 0) is 45.1 Å². The van der Waals surface area contributed by atoms with Crippen molar-refractivity contribution < 1.29 is 19.5 Å². The van der Waals surface area contributed by atoms with E-state index in [0.29, 0.717) is 24.3 Å². The van der Waals surface area contributed by atoms with Crippen molar-refractivity contribution in [3.05, 3.63) is 52.8 Å². The summed E-state index contributed by atoms with van der Waals surface area (Å²) in [5.74, 6) is -1.60. The van der Waals surface area contributed by atoms with Crippen LogP contribution in [0.15, 0.2) is 30.3 Å².